The summed E-state index contributed by atoms with van der Waals surface area (Å²) in [6.45, 7) is 1.44. The largest absolute Gasteiger partial charge is 0.348 e. The standard InChI is InChI=1S/C18H16ClN3O2S2/c1-11(23)20-14(16-3-2-8-25-16)9-17(24)22-18-21-15(10-26-18)12-4-6-13(19)7-5-12/h2-8,10,14H,9H2,1H3,(H,20,23)(H,21,22,24)/t14-/m0/s1. The molecule has 3 rings (SSSR count). The van der Waals surface area contributed by atoms with Gasteiger partial charge in [-0.25, -0.2) is 4.98 Å². The summed E-state index contributed by atoms with van der Waals surface area (Å²) in [5, 5.41) is 10.6. The predicted octanol–water partition coefficient (Wildman–Crippen LogP) is 4.73. The summed E-state index contributed by atoms with van der Waals surface area (Å²) in [5.74, 6) is -0.371. The quantitative estimate of drug-likeness (QED) is 0.622. The minimum atomic E-state index is -0.344. The Morgan fingerprint density at radius 3 is 2.62 bits per heavy atom. The third kappa shape index (κ3) is 4.91. The van der Waals surface area contributed by atoms with Gasteiger partial charge in [-0.1, -0.05) is 29.8 Å². The molecule has 0 fully saturated rings. The maximum Gasteiger partial charge on any atom is 0.228 e. The lowest BCUT2D eigenvalue weighted by Gasteiger charge is -2.15. The molecule has 2 heterocycles. The maximum absolute atomic E-state index is 12.4. The number of carbonyl (C=O) groups excluding carboxylic acids is 2. The Kier molecular flexibility index (Phi) is 6.03. The predicted molar refractivity (Wildman–Crippen MR) is 107 cm³/mol. The van der Waals surface area contributed by atoms with Crippen molar-refractivity contribution in [2.45, 2.75) is 19.4 Å². The Hall–Kier alpha value is -2.22. The molecule has 0 radical (unpaired) electrons. The van der Waals surface area contributed by atoms with E-state index in [2.05, 4.69) is 15.6 Å². The highest BCUT2D eigenvalue weighted by Crippen LogP contribution is 2.27. The van der Waals surface area contributed by atoms with Crippen LogP contribution in [-0.2, 0) is 9.59 Å². The van der Waals surface area contributed by atoms with Gasteiger partial charge in [0.25, 0.3) is 0 Å². The van der Waals surface area contributed by atoms with Crippen LogP contribution in [0.15, 0.2) is 47.2 Å². The van der Waals surface area contributed by atoms with Crippen molar-refractivity contribution in [3.05, 3.63) is 57.1 Å². The molecule has 0 aliphatic carbocycles. The summed E-state index contributed by atoms with van der Waals surface area (Å²) in [6, 6.07) is 10.8. The van der Waals surface area contributed by atoms with Crippen molar-refractivity contribution in [2.75, 3.05) is 5.32 Å². The fourth-order valence-corrected chi connectivity index (χ4v) is 4.04. The van der Waals surface area contributed by atoms with Crippen LogP contribution in [0.2, 0.25) is 5.02 Å². The minimum Gasteiger partial charge on any atom is -0.348 e. The summed E-state index contributed by atoms with van der Waals surface area (Å²) in [4.78, 5) is 29.2. The number of nitrogens with one attached hydrogen (secondary N) is 2. The number of nitrogens with zero attached hydrogens (tertiary/aromatic N) is 1. The van der Waals surface area contributed by atoms with Crippen LogP contribution in [0.4, 0.5) is 5.13 Å². The molecule has 2 aromatic heterocycles. The average Bonchev–Trinajstić information content (AvgIpc) is 3.26. The van der Waals surface area contributed by atoms with Gasteiger partial charge in [-0.3, -0.25) is 9.59 Å². The van der Waals surface area contributed by atoms with Gasteiger partial charge in [0.1, 0.15) is 0 Å². The lowest BCUT2D eigenvalue weighted by atomic mass is 10.1. The van der Waals surface area contributed by atoms with Gasteiger partial charge in [0.2, 0.25) is 11.8 Å². The Morgan fingerprint density at radius 1 is 1.19 bits per heavy atom. The van der Waals surface area contributed by atoms with Gasteiger partial charge in [-0.15, -0.1) is 22.7 Å². The molecule has 3 aromatic rings. The molecule has 1 atom stereocenters. The lowest BCUT2D eigenvalue weighted by Crippen LogP contribution is -2.29. The average molecular weight is 406 g/mol. The van der Waals surface area contributed by atoms with Crippen LogP contribution in [0.5, 0.6) is 0 Å². The third-order valence-corrected chi connectivity index (χ3v) is 5.54. The topological polar surface area (TPSA) is 71.1 Å². The number of thiophene rings is 1. The van der Waals surface area contributed by atoms with E-state index < -0.39 is 0 Å². The van der Waals surface area contributed by atoms with E-state index in [-0.39, 0.29) is 24.3 Å². The molecule has 0 unspecified atom stereocenters. The zero-order valence-corrected chi connectivity index (χ0v) is 16.3. The van der Waals surface area contributed by atoms with E-state index in [9.17, 15) is 9.59 Å². The van der Waals surface area contributed by atoms with Crippen molar-refractivity contribution in [3.8, 4) is 11.3 Å². The number of hydrogen-bond acceptors (Lipinski definition) is 5. The second-order valence-corrected chi connectivity index (χ2v) is 7.84. The smallest absolute Gasteiger partial charge is 0.228 e. The third-order valence-electron chi connectivity index (χ3n) is 3.54. The van der Waals surface area contributed by atoms with Crippen LogP contribution < -0.4 is 10.6 Å². The van der Waals surface area contributed by atoms with Gasteiger partial charge >= 0.3 is 0 Å². The summed E-state index contributed by atoms with van der Waals surface area (Å²) < 4.78 is 0. The molecule has 1 aromatic carbocycles. The van der Waals surface area contributed by atoms with Crippen LogP contribution in [-0.4, -0.2) is 16.8 Å². The Balaban J connectivity index is 1.65. The van der Waals surface area contributed by atoms with Crippen LogP contribution in [0.3, 0.4) is 0 Å². The number of aromatic nitrogens is 1. The lowest BCUT2D eigenvalue weighted by molar-refractivity contribution is -0.120. The second kappa shape index (κ2) is 8.44. The number of halogens is 1. The van der Waals surface area contributed by atoms with E-state index in [1.807, 2.05) is 35.0 Å². The monoisotopic (exact) mass is 405 g/mol. The molecule has 134 valence electrons. The Morgan fingerprint density at radius 2 is 1.96 bits per heavy atom. The van der Waals surface area contributed by atoms with E-state index in [1.165, 1.54) is 29.6 Å². The van der Waals surface area contributed by atoms with E-state index in [4.69, 9.17) is 11.6 Å². The maximum atomic E-state index is 12.4. The van der Waals surface area contributed by atoms with Crippen molar-refractivity contribution < 1.29 is 9.59 Å². The van der Waals surface area contributed by atoms with Gasteiger partial charge in [0, 0.05) is 27.8 Å². The number of hydrogen-bond donors (Lipinski definition) is 2. The van der Waals surface area contributed by atoms with E-state index in [0.29, 0.717) is 10.2 Å². The zero-order valence-electron chi connectivity index (χ0n) is 13.9. The van der Waals surface area contributed by atoms with Gasteiger partial charge in [-0.05, 0) is 23.6 Å². The van der Waals surface area contributed by atoms with Gasteiger partial charge in [-0.2, -0.15) is 0 Å². The van der Waals surface area contributed by atoms with Crippen molar-refractivity contribution in [1.29, 1.82) is 0 Å². The van der Waals surface area contributed by atoms with E-state index in [1.54, 1.807) is 12.1 Å². The van der Waals surface area contributed by atoms with Gasteiger partial charge in [0.15, 0.2) is 5.13 Å². The molecule has 0 saturated heterocycles. The van der Waals surface area contributed by atoms with Gasteiger partial charge in [0.05, 0.1) is 18.2 Å². The summed E-state index contributed by atoms with van der Waals surface area (Å²) in [6.07, 6.45) is 0.149. The molecule has 0 bridgehead atoms. The number of rotatable bonds is 6. The number of carbonyl (C=O) groups is 2. The highest BCUT2D eigenvalue weighted by molar-refractivity contribution is 7.14. The first-order chi connectivity index (χ1) is 12.5. The first kappa shape index (κ1) is 18.6. The molecule has 2 N–H and O–H groups in total. The molecular weight excluding hydrogens is 390 g/mol. The first-order valence-electron chi connectivity index (χ1n) is 7.83. The molecule has 2 amide bonds. The van der Waals surface area contributed by atoms with Crippen molar-refractivity contribution in [3.63, 3.8) is 0 Å². The first-order valence-corrected chi connectivity index (χ1v) is 9.97. The molecule has 0 aliphatic rings. The SMILES string of the molecule is CC(=O)N[C@@H](CC(=O)Nc1nc(-c2ccc(Cl)cc2)cs1)c1cccs1. The second-order valence-electron chi connectivity index (χ2n) is 5.57. The Labute approximate surface area is 164 Å². The number of benzene rings is 1. The number of amides is 2. The summed E-state index contributed by atoms with van der Waals surface area (Å²) in [5.41, 5.74) is 1.71. The van der Waals surface area contributed by atoms with Crippen molar-refractivity contribution >= 4 is 51.2 Å². The fraction of sp³-hybridized carbons (Fsp3) is 0.167. The highest BCUT2D eigenvalue weighted by atomic mass is 35.5. The highest BCUT2D eigenvalue weighted by Gasteiger charge is 2.19. The molecule has 0 aliphatic heterocycles. The van der Waals surface area contributed by atoms with Crippen LogP contribution >= 0.6 is 34.3 Å². The van der Waals surface area contributed by atoms with Crippen LogP contribution in [0.25, 0.3) is 11.3 Å². The summed E-state index contributed by atoms with van der Waals surface area (Å²) in [7, 11) is 0. The Bertz CT molecular complexity index is 892. The number of anilines is 1. The number of thiazole rings is 1. The van der Waals surface area contributed by atoms with E-state index >= 15 is 0 Å². The normalized spacial score (nSPS) is 11.8. The van der Waals surface area contributed by atoms with Gasteiger partial charge < -0.3 is 10.6 Å². The fourth-order valence-electron chi connectivity index (χ4n) is 2.40. The molecule has 0 spiro atoms. The van der Waals surface area contributed by atoms with E-state index in [0.717, 1.165) is 16.1 Å². The summed E-state index contributed by atoms with van der Waals surface area (Å²) >= 11 is 8.76. The molecular formula is C18H16ClN3O2S2. The molecule has 0 saturated carbocycles. The van der Waals surface area contributed by atoms with Crippen molar-refractivity contribution in [2.24, 2.45) is 0 Å². The van der Waals surface area contributed by atoms with Crippen molar-refractivity contribution in [1.82, 2.24) is 10.3 Å². The minimum absolute atomic E-state index is 0.149. The molecule has 5 nitrogen and oxygen atoms in total. The van der Waals surface area contributed by atoms with Crippen LogP contribution in [0.1, 0.15) is 24.3 Å². The molecule has 8 heteroatoms. The molecule has 26 heavy (non-hydrogen) atoms. The zero-order chi connectivity index (χ0) is 18.5. The van der Waals surface area contributed by atoms with Crippen LogP contribution in [0, 0.1) is 0 Å².